The van der Waals surface area contributed by atoms with Gasteiger partial charge >= 0.3 is 0 Å². The van der Waals surface area contributed by atoms with Crippen LogP contribution in [0.3, 0.4) is 0 Å². The Kier molecular flexibility index (Phi) is 4.06. The van der Waals surface area contributed by atoms with Gasteiger partial charge in [0.05, 0.1) is 0 Å². The second kappa shape index (κ2) is 5.76. The molecule has 0 aromatic heterocycles. The summed E-state index contributed by atoms with van der Waals surface area (Å²) in [6, 6.07) is 19.3. The second-order valence-corrected chi connectivity index (χ2v) is 4.75. The van der Waals surface area contributed by atoms with E-state index in [4.69, 9.17) is 0 Å². The fourth-order valence-corrected chi connectivity index (χ4v) is 2.76. The minimum Gasteiger partial charge on any atom is -0.121 e. The van der Waals surface area contributed by atoms with Crippen LogP contribution in [0.15, 0.2) is 59.5 Å². The molecule has 0 N–H and O–H groups in total. The van der Waals surface area contributed by atoms with Gasteiger partial charge in [-0.25, -0.2) is 0 Å². The van der Waals surface area contributed by atoms with Crippen LogP contribution in [-0.2, 0) is 12.2 Å². The Bertz CT molecular complexity index is 434. The van der Waals surface area contributed by atoms with Crippen molar-refractivity contribution in [3.8, 4) is 0 Å². The molecular formula is C15H16S. The Morgan fingerprint density at radius 2 is 1.56 bits per heavy atom. The maximum atomic E-state index is 2.22. The van der Waals surface area contributed by atoms with E-state index in [1.165, 1.54) is 16.0 Å². The number of thioether (sulfide) groups is 1. The molecule has 0 saturated heterocycles. The molecule has 0 saturated carbocycles. The number of hydrogen-bond donors (Lipinski definition) is 0. The Morgan fingerprint density at radius 1 is 0.875 bits per heavy atom. The van der Waals surface area contributed by atoms with Crippen molar-refractivity contribution in [2.45, 2.75) is 24.0 Å². The third-order valence-electron chi connectivity index (χ3n) is 2.59. The SMILES string of the molecule is CCc1ccccc1SCc1ccccc1. The zero-order valence-electron chi connectivity index (χ0n) is 9.52. The van der Waals surface area contributed by atoms with Crippen LogP contribution in [-0.4, -0.2) is 0 Å². The van der Waals surface area contributed by atoms with Crippen molar-refractivity contribution >= 4 is 11.8 Å². The van der Waals surface area contributed by atoms with Crippen molar-refractivity contribution in [3.05, 3.63) is 65.7 Å². The lowest BCUT2D eigenvalue weighted by Gasteiger charge is -2.06. The summed E-state index contributed by atoms with van der Waals surface area (Å²) >= 11 is 1.92. The second-order valence-electron chi connectivity index (χ2n) is 3.74. The van der Waals surface area contributed by atoms with Gasteiger partial charge < -0.3 is 0 Å². The lowest BCUT2D eigenvalue weighted by molar-refractivity contribution is 1.08. The Balaban J connectivity index is 2.05. The van der Waals surface area contributed by atoms with Crippen molar-refractivity contribution in [2.24, 2.45) is 0 Å². The zero-order chi connectivity index (χ0) is 11.2. The van der Waals surface area contributed by atoms with Gasteiger partial charge in [0.25, 0.3) is 0 Å². The first-order chi connectivity index (χ1) is 7.90. The highest BCUT2D eigenvalue weighted by Gasteiger charge is 2.00. The molecule has 1 heteroatoms. The molecule has 0 amide bonds. The van der Waals surface area contributed by atoms with Crippen molar-refractivity contribution in [1.29, 1.82) is 0 Å². The molecule has 16 heavy (non-hydrogen) atoms. The largest absolute Gasteiger partial charge is 0.121 e. The van der Waals surface area contributed by atoms with E-state index in [9.17, 15) is 0 Å². The fraction of sp³-hybridized carbons (Fsp3) is 0.200. The van der Waals surface area contributed by atoms with Crippen LogP contribution in [0.4, 0.5) is 0 Å². The lowest BCUT2D eigenvalue weighted by Crippen LogP contribution is -1.85. The first-order valence-corrected chi connectivity index (χ1v) is 6.63. The van der Waals surface area contributed by atoms with Gasteiger partial charge in [0.1, 0.15) is 0 Å². The number of benzene rings is 2. The summed E-state index contributed by atoms with van der Waals surface area (Å²) in [7, 11) is 0. The first-order valence-electron chi connectivity index (χ1n) is 5.65. The molecule has 0 fully saturated rings. The van der Waals surface area contributed by atoms with E-state index in [0.29, 0.717) is 0 Å². The Labute approximate surface area is 102 Å². The highest BCUT2D eigenvalue weighted by atomic mass is 32.2. The highest BCUT2D eigenvalue weighted by Crippen LogP contribution is 2.26. The van der Waals surface area contributed by atoms with Crippen LogP contribution in [0.5, 0.6) is 0 Å². The van der Waals surface area contributed by atoms with E-state index < -0.39 is 0 Å². The topological polar surface area (TPSA) is 0 Å². The number of aryl methyl sites for hydroxylation is 1. The third-order valence-corrected chi connectivity index (χ3v) is 3.78. The molecule has 0 radical (unpaired) electrons. The van der Waals surface area contributed by atoms with E-state index in [-0.39, 0.29) is 0 Å². The molecule has 0 atom stereocenters. The standard InChI is InChI=1S/C15H16S/c1-2-14-10-6-7-11-15(14)16-12-13-8-4-3-5-9-13/h3-11H,2,12H2,1H3. The van der Waals surface area contributed by atoms with Gasteiger partial charge in [-0.3, -0.25) is 0 Å². The fourth-order valence-electron chi connectivity index (χ4n) is 1.67. The van der Waals surface area contributed by atoms with Crippen LogP contribution in [0.1, 0.15) is 18.1 Å². The average Bonchev–Trinajstić information content (AvgIpc) is 2.38. The molecule has 0 aliphatic heterocycles. The maximum Gasteiger partial charge on any atom is 0.0232 e. The molecule has 0 unspecified atom stereocenters. The van der Waals surface area contributed by atoms with E-state index in [2.05, 4.69) is 61.5 Å². The summed E-state index contributed by atoms with van der Waals surface area (Å²) in [5.41, 5.74) is 2.84. The van der Waals surface area contributed by atoms with Crippen molar-refractivity contribution < 1.29 is 0 Å². The third kappa shape index (κ3) is 2.89. The lowest BCUT2D eigenvalue weighted by atomic mass is 10.2. The van der Waals surface area contributed by atoms with Gasteiger partial charge in [-0.05, 0) is 23.6 Å². The van der Waals surface area contributed by atoms with E-state index in [1.807, 2.05) is 11.8 Å². The van der Waals surface area contributed by atoms with Gasteiger partial charge in [-0.15, -0.1) is 11.8 Å². The number of hydrogen-bond acceptors (Lipinski definition) is 1. The highest BCUT2D eigenvalue weighted by molar-refractivity contribution is 7.98. The summed E-state index contributed by atoms with van der Waals surface area (Å²) in [4.78, 5) is 1.41. The Hall–Kier alpha value is -1.21. The smallest absolute Gasteiger partial charge is 0.0232 e. The molecule has 2 aromatic carbocycles. The molecule has 0 nitrogen and oxygen atoms in total. The van der Waals surface area contributed by atoms with Gasteiger partial charge in [0, 0.05) is 10.6 Å². The average molecular weight is 228 g/mol. The predicted octanol–water partition coefficient (Wildman–Crippen LogP) is 4.54. The first kappa shape index (κ1) is 11.3. The quantitative estimate of drug-likeness (QED) is 0.692. The van der Waals surface area contributed by atoms with Crippen molar-refractivity contribution in [3.63, 3.8) is 0 Å². The summed E-state index contributed by atoms with van der Waals surface area (Å²) in [6.45, 7) is 2.21. The molecule has 0 bridgehead atoms. The van der Waals surface area contributed by atoms with Gasteiger partial charge in [-0.1, -0.05) is 55.5 Å². The van der Waals surface area contributed by atoms with E-state index in [0.717, 1.165) is 12.2 Å². The molecular weight excluding hydrogens is 212 g/mol. The molecule has 0 heterocycles. The predicted molar refractivity (Wildman–Crippen MR) is 71.8 cm³/mol. The van der Waals surface area contributed by atoms with Gasteiger partial charge in [0.2, 0.25) is 0 Å². The monoisotopic (exact) mass is 228 g/mol. The summed E-state index contributed by atoms with van der Waals surface area (Å²) in [6.07, 6.45) is 1.11. The normalized spacial score (nSPS) is 10.3. The van der Waals surface area contributed by atoms with Crippen molar-refractivity contribution in [2.75, 3.05) is 0 Å². The molecule has 0 aliphatic rings. The van der Waals surface area contributed by atoms with Crippen LogP contribution in [0.2, 0.25) is 0 Å². The molecule has 82 valence electrons. The van der Waals surface area contributed by atoms with Crippen LogP contribution in [0.25, 0.3) is 0 Å². The summed E-state index contributed by atoms with van der Waals surface area (Å²) < 4.78 is 0. The number of rotatable bonds is 4. The zero-order valence-corrected chi connectivity index (χ0v) is 10.3. The van der Waals surface area contributed by atoms with Gasteiger partial charge in [0.15, 0.2) is 0 Å². The van der Waals surface area contributed by atoms with E-state index >= 15 is 0 Å². The molecule has 0 spiro atoms. The van der Waals surface area contributed by atoms with E-state index in [1.54, 1.807) is 0 Å². The molecule has 2 rings (SSSR count). The minimum atomic E-state index is 1.05. The van der Waals surface area contributed by atoms with Crippen LogP contribution < -0.4 is 0 Å². The van der Waals surface area contributed by atoms with Crippen LogP contribution >= 0.6 is 11.8 Å². The summed E-state index contributed by atoms with van der Waals surface area (Å²) in [5.74, 6) is 1.05. The molecule has 2 aromatic rings. The molecule has 0 aliphatic carbocycles. The van der Waals surface area contributed by atoms with Crippen molar-refractivity contribution in [1.82, 2.24) is 0 Å². The van der Waals surface area contributed by atoms with Gasteiger partial charge in [-0.2, -0.15) is 0 Å². The minimum absolute atomic E-state index is 1.05. The summed E-state index contributed by atoms with van der Waals surface area (Å²) in [5, 5.41) is 0. The van der Waals surface area contributed by atoms with Crippen LogP contribution in [0, 0.1) is 0 Å². The maximum absolute atomic E-state index is 2.22. The Morgan fingerprint density at radius 3 is 2.31 bits per heavy atom.